The number of aryl methyl sites for hydroxylation is 1. The van der Waals surface area contributed by atoms with E-state index in [1.54, 1.807) is 11.3 Å². The Morgan fingerprint density at radius 3 is 2.57 bits per heavy atom. The largest absolute Gasteiger partial charge is 0.368 e. The van der Waals surface area contributed by atoms with Gasteiger partial charge in [0.25, 0.3) is 0 Å². The van der Waals surface area contributed by atoms with Gasteiger partial charge in [0.15, 0.2) is 0 Å². The molecule has 0 aliphatic rings. The smallest absolute Gasteiger partial charge is 0.231 e. The van der Waals surface area contributed by atoms with Crippen molar-refractivity contribution in [3.05, 3.63) is 16.1 Å². The van der Waals surface area contributed by atoms with Crippen molar-refractivity contribution in [3.63, 3.8) is 0 Å². The number of nitrogen functional groups attached to an aromatic ring is 1. The summed E-state index contributed by atoms with van der Waals surface area (Å²) in [5.74, 6) is 1.36. The fourth-order valence-corrected chi connectivity index (χ4v) is 2.68. The Labute approximate surface area is 128 Å². The number of nitrogens with two attached hydrogens (primary N) is 1. The first-order chi connectivity index (χ1) is 10.1. The number of thiazole rings is 1. The van der Waals surface area contributed by atoms with Gasteiger partial charge in [-0.25, -0.2) is 4.98 Å². The maximum atomic E-state index is 5.75. The van der Waals surface area contributed by atoms with Gasteiger partial charge in [0, 0.05) is 37.1 Å². The highest BCUT2D eigenvalue weighted by Crippen LogP contribution is 2.12. The van der Waals surface area contributed by atoms with Gasteiger partial charge in [0.2, 0.25) is 17.8 Å². The minimum absolute atomic E-state index is 0.236. The van der Waals surface area contributed by atoms with Crippen LogP contribution in [0.15, 0.2) is 5.38 Å². The Balaban J connectivity index is 1.99. The van der Waals surface area contributed by atoms with Gasteiger partial charge in [-0.3, -0.25) is 0 Å². The van der Waals surface area contributed by atoms with Crippen LogP contribution in [0.5, 0.6) is 0 Å². The van der Waals surface area contributed by atoms with Gasteiger partial charge in [-0.1, -0.05) is 0 Å². The highest BCUT2D eigenvalue weighted by Gasteiger charge is 2.09. The van der Waals surface area contributed by atoms with Gasteiger partial charge in [-0.05, 0) is 20.8 Å². The summed E-state index contributed by atoms with van der Waals surface area (Å²) < 4.78 is 0. The molecule has 0 bridgehead atoms. The molecule has 3 N–H and O–H groups in total. The summed E-state index contributed by atoms with van der Waals surface area (Å²) in [6.07, 6.45) is 0.838. The third-order valence-electron chi connectivity index (χ3n) is 2.98. The summed E-state index contributed by atoms with van der Waals surface area (Å²) in [5.41, 5.74) is 6.81. The van der Waals surface area contributed by atoms with E-state index in [-0.39, 0.29) is 5.95 Å². The molecular formula is C13H21N7S. The molecule has 0 spiro atoms. The van der Waals surface area contributed by atoms with Crippen LogP contribution in [0.4, 0.5) is 17.8 Å². The lowest BCUT2D eigenvalue weighted by atomic mass is 10.4. The summed E-state index contributed by atoms with van der Waals surface area (Å²) in [5, 5.41) is 6.34. The van der Waals surface area contributed by atoms with E-state index in [1.807, 2.05) is 11.8 Å². The number of aromatic nitrogens is 4. The zero-order valence-electron chi connectivity index (χ0n) is 12.6. The Bertz CT molecular complexity index is 580. The van der Waals surface area contributed by atoms with Crippen LogP contribution in [0.2, 0.25) is 0 Å². The Morgan fingerprint density at radius 2 is 1.95 bits per heavy atom. The standard InChI is InChI=1S/C13H21N7S/c1-4-20(5-2)13-18-11(14)17-12(19-13)15-7-6-10-16-9(3)8-21-10/h8H,4-7H2,1-3H3,(H3,14,15,17,18,19). The lowest BCUT2D eigenvalue weighted by Crippen LogP contribution is -2.25. The average Bonchev–Trinajstić information content (AvgIpc) is 2.85. The van der Waals surface area contributed by atoms with Crippen molar-refractivity contribution in [1.82, 2.24) is 19.9 Å². The average molecular weight is 307 g/mol. The Kier molecular flexibility index (Phi) is 5.26. The van der Waals surface area contributed by atoms with Gasteiger partial charge in [-0.15, -0.1) is 11.3 Å². The second-order valence-electron chi connectivity index (χ2n) is 4.55. The molecule has 0 aliphatic heterocycles. The molecule has 0 atom stereocenters. The molecule has 114 valence electrons. The number of rotatable bonds is 7. The fourth-order valence-electron chi connectivity index (χ4n) is 1.91. The van der Waals surface area contributed by atoms with Gasteiger partial charge in [-0.2, -0.15) is 15.0 Å². The highest BCUT2D eigenvalue weighted by molar-refractivity contribution is 7.09. The van der Waals surface area contributed by atoms with Crippen LogP contribution in [0.25, 0.3) is 0 Å². The van der Waals surface area contributed by atoms with Crippen LogP contribution in [0, 0.1) is 6.92 Å². The molecule has 0 radical (unpaired) electrons. The van der Waals surface area contributed by atoms with Crippen molar-refractivity contribution in [2.75, 3.05) is 35.6 Å². The van der Waals surface area contributed by atoms with Crippen LogP contribution in [0.1, 0.15) is 24.5 Å². The third-order valence-corrected chi connectivity index (χ3v) is 4.00. The first-order valence-corrected chi connectivity index (χ1v) is 7.91. The molecule has 0 amide bonds. The van der Waals surface area contributed by atoms with Crippen LogP contribution < -0.4 is 16.0 Å². The first-order valence-electron chi connectivity index (χ1n) is 7.03. The lowest BCUT2D eigenvalue weighted by Gasteiger charge is -2.18. The van der Waals surface area contributed by atoms with E-state index in [0.717, 1.165) is 30.2 Å². The minimum atomic E-state index is 0.236. The summed E-state index contributed by atoms with van der Waals surface area (Å²) in [4.78, 5) is 19.2. The number of nitrogens with zero attached hydrogens (tertiary/aromatic N) is 5. The zero-order valence-corrected chi connectivity index (χ0v) is 13.4. The predicted molar refractivity (Wildman–Crippen MR) is 86.8 cm³/mol. The van der Waals surface area contributed by atoms with Crippen molar-refractivity contribution >= 4 is 29.2 Å². The topological polar surface area (TPSA) is 92.9 Å². The molecule has 0 saturated carbocycles. The summed E-state index contributed by atoms with van der Waals surface area (Å²) in [7, 11) is 0. The summed E-state index contributed by atoms with van der Waals surface area (Å²) in [6, 6.07) is 0. The molecule has 21 heavy (non-hydrogen) atoms. The van der Waals surface area contributed by atoms with Crippen LogP contribution in [0.3, 0.4) is 0 Å². The molecule has 0 unspecified atom stereocenters. The zero-order chi connectivity index (χ0) is 15.2. The highest BCUT2D eigenvalue weighted by atomic mass is 32.1. The lowest BCUT2D eigenvalue weighted by molar-refractivity contribution is 0.813. The van der Waals surface area contributed by atoms with Gasteiger partial charge < -0.3 is 16.0 Å². The van der Waals surface area contributed by atoms with Gasteiger partial charge in [0.05, 0.1) is 5.01 Å². The molecular weight excluding hydrogens is 286 g/mol. The van der Waals surface area contributed by atoms with E-state index in [4.69, 9.17) is 5.73 Å². The maximum absolute atomic E-state index is 5.75. The predicted octanol–water partition coefficient (Wildman–Crippen LogP) is 1.72. The summed E-state index contributed by atoms with van der Waals surface area (Å²) >= 11 is 1.67. The monoisotopic (exact) mass is 307 g/mol. The fraction of sp³-hybridized carbons (Fsp3) is 0.538. The molecule has 0 aromatic carbocycles. The Hall–Kier alpha value is -1.96. The van der Waals surface area contributed by atoms with E-state index >= 15 is 0 Å². The number of anilines is 3. The van der Waals surface area contributed by atoms with Crippen molar-refractivity contribution < 1.29 is 0 Å². The first kappa shape index (κ1) is 15.4. The number of nitrogens with one attached hydrogen (secondary N) is 1. The normalized spacial score (nSPS) is 10.6. The van der Waals surface area contributed by atoms with Crippen molar-refractivity contribution in [3.8, 4) is 0 Å². The Morgan fingerprint density at radius 1 is 1.19 bits per heavy atom. The second kappa shape index (κ2) is 7.16. The van der Waals surface area contributed by atoms with Gasteiger partial charge >= 0.3 is 0 Å². The van der Waals surface area contributed by atoms with E-state index in [9.17, 15) is 0 Å². The second-order valence-corrected chi connectivity index (χ2v) is 5.49. The molecule has 2 rings (SSSR count). The molecule has 2 aromatic heterocycles. The minimum Gasteiger partial charge on any atom is -0.368 e. The SMILES string of the molecule is CCN(CC)c1nc(N)nc(NCCc2nc(C)cs2)n1. The number of hydrogen-bond acceptors (Lipinski definition) is 8. The molecule has 0 aliphatic carbocycles. The van der Waals surface area contributed by atoms with Crippen molar-refractivity contribution in [2.45, 2.75) is 27.2 Å². The van der Waals surface area contributed by atoms with Crippen LogP contribution in [-0.4, -0.2) is 39.6 Å². The van der Waals surface area contributed by atoms with E-state index < -0.39 is 0 Å². The summed E-state index contributed by atoms with van der Waals surface area (Å²) in [6.45, 7) is 8.49. The van der Waals surface area contributed by atoms with Crippen LogP contribution in [-0.2, 0) is 6.42 Å². The van der Waals surface area contributed by atoms with E-state index in [0.29, 0.717) is 18.4 Å². The van der Waals surface area contributed by atoms with Crippen molar-refractivity contribution in [1.29, 1.82) is 0 Å². The van der Waals surface area contributed by atoms with E-state index in [1.165, 1.54) is 0 Å². The maximum Gasteiger partial charge on any atom is 0.231 e. The number of hydrogen-bond donors (Lipinski definition) is 2. The molecule has 0 saturated heterocycles. The van der Waals surface area contributed by atoms with Crippen LogP contribution >= 0.6 is 11.3 Å². The molecule has 8 heteroatoms. The molecule has 2 aromatic rings. The molecule has 2 heterocycles. The van der Waals surface area contributed by atoms with Crippen molar-refractivity contribution in [2.24, 2.45) is 0 Å². The third kappa shape index (κ3) is 4.25. The van der Waals surface area contributed by atoms with Gasteiger partial charge in [0.1, 0.15) is 0 Å². The molecule has 7 nitrogen and oxygen atoms in total. The van der Waals surface area contributed by atoms with E-state index in [2.05, 4.69) is 44.5 Å². The molecule has 0 fully saturated rings. The quantitative estimate of drug-likeness (QED) is 0.804.